The van der Waals surface area contributed by atoms with Crippen LogP contribution in [-0.4, -0.2) is 30.2 Å². The van der Waals surface area contributed by atoms with Gasteiger partial charge < -0.3 is 9.88 Å². The number of aryl methyl sites for hydroxylation is 2. The molecule has 5 rings (SSSR count). The van der Waals surface area contributed by atoms with E-state index in [1.165, 1.54) is 25.0 Å². The van der Waals surface area contributed by atoms with Crippen molar-refractivity contribution < 1.29 is 9.18 Å². The zero-order valence-electron chi connectivity index (χ0n) is 17.5. The van der Waals surface area contributed by atoms with Crippen LogP contribution >= 0.6 is 0 Å². The number of carbonyl (C=O) groups is 1. The molecule has 31 heavy (non-hydrogen) atoms. The van der Waals surface area contributed by atoms with Gasteiger partial charge in [0.2, 0.25) is 0 Å². The lowest BCUT2D eigenvalue weighted by Crippen LogP contribution is -2.24. The van der Waals surface area contributed by atoms with Crippen LogP contribution in [0.2, 0.25) is 0 Å². The van der Waals surface area contributed by atoms with Crippen LogP contribution < -0.4 is 5.32 Å². The summed E-state index contributed by atoms with van der Waals surface area (Å²) in [5.74, 6) is 1.01. The molecule has 1 amide bonds. The molecule has 0 aliphatic heterocycles. The molecular formula is C23H23FN6O. The van der Waals surface area contributed by atoms with Gasteiger partial charge in [-0.2, -0.15) is 5.10 Å². The van der Waals surface area contributed by atoms with Crippen molar-refractivity contribution in [2.24, 2.45) is 20.0 Å². The smallest absolute Gasteiger partial charge is 0.272 e. The highest BCUT2D eigenvalue weighted by Crippen LogP contribution is 2.33. The Kier molecular flexibility index (Phi) is 4.77. The molecule has 1 aromatic carbocycles. The quantitative estimate of drug-likeness (QED) is 0.521. The molecule has 4 aromatic rings. The van der Waals surface area contributed by atoms with E-state index in [0.717, 1.165) is 28.8 Å². The average molecular weight is 418 g/mol. The monoisotopic (exact) mass is 418 g/mol. The van der Waals surface area contributed by atoms with Gasteiger partial charge >= 0.3 is 0 Å². The maximum absolute atomic E-state index is 14.2. The van der Waals surface area contributed by atoms with Crippen molar-refractivity contribution in [3.05, 3.63) is 65.8 Å². The first kappa shape index (κ1) is 19.4. The highest BCUT2D eigenvalue weighted by atomic mass is 19.1. The molecule has 0 unspecified atom stereocenters. The number of nitrogens with one attached hydrogen (secondary N) is 1. The minimum Gasteiger partial charge on any atom is -0.347 e. The summed E-state index contributed by atoms with van der Waals surface area (Å²) < 4.78 is 17.8. The highest BCUT2D eigenvalue weighted by Gasteiger charge is 2.25. The van der Waals surface area contributed by atoms with Crippen LogP contribution in [0.4, 0.5) is 4.39 Å². The van der Waals surface area contributed by atoms with Gasteiger partial charge in [-0.05, 0) is 54.2 Å². The molecule has 0 bridgehead atoms. The average Bonchev–Trinajstić information content (AvgIpc) is 3.37. The number of benzene rings is 1. The Balaban J connectivity index is 1.38. The molecular weight excluding hydrogens is 395 g/mol. The second-order valence-electron chi connectivity index (χ2n) is 8.20. The van der Waals surface area contributed by atoms with Gasteiger partial charge in [0.25, 0.3) is 5.91 Å². The normalized spacial score (nSPS) is 13.6. The summed E-state index contributed by atoms with van der Waals surface area (Å²) in [5, 5.41) is 7.01. The highest BCUT2D eigenvalue weighted by molar-refractivity contribution is 6.03. The number of hydrogen-bond donors (Lipinski definition) is 1. The summed E-state index contributed by atoms with van der Waals surface area (Å²) in [5.41, 5.74) is 4.03. The predicted molar refractivity (Wildman–Crippen MR) is 115 cm³/mol. The van der Waals surface area contributed by atoms with Crippen molar-refractivity contribution in [2.45, 2.75) is 25.8 Å². The van der Waals surface area contributed by atoms with Crippen molar-refractivity contribution in [3.8, 4) is 11.1 Å². The largest absolute Gasteiger partial charge is 0.347 e. The molecule has 1 aliphatic carbocycles. The second kappa shape index (κ2) is 7.61. The van der Waals surface area contributed by atoms with E-state index < -0.39 is 0 Å². The first-order chi connectivity index (χ1) is 15.0. The van der Waals surface area contributed by atoms with E-state index in [-0.39, 0.29) is 18.3 Å². The second-order valence-corrected chi connectivity index (χ2v) is 8.20. The molecule has 0 radical (unpaired) electrons. The van der Waals surface area contributed by atoms with Gasteiger partial charge in [0, 0.05) is 45.0 Å². The standard InChI is InChI=1S/C23H23FN6O/c1-29-13-17(12-27-29)16-7-15(8-18(24)10-16)11-26-23(31)21-22-19(5-6-25-21)28-20(30(22)2)9-14-3-4-14/h5-8,10,12-14H,3-4,9,11H2,1-2H3,(H,26,31). The number of amides is 1. The number of hydrogen-bond acceptors (Lipinski definition) is 4. The molecule has 0 atom stereocenters. The Labute approximate surface area is 178 Å². The van der Waals surface area contributed by atoms with Gasteiger partial charge in [-0.25, -0.2) is 14.4 Å². The van der Waals surface area contributed by atoms with E-state index in [9.17, 15) is 9.18 Å². The van der Waals surface area contributed by atoms with Crippen molar-refractivity contribution in [2.75, 3.05) is 0 Å². The van der Waals surface area contributed by atoms with Crippen LogP contribution in [0.1, 0.15) is 34.7 Å². The van der Waals surface area contributed by atoms with Crippen molar-refractivity contribution >= 4 is 16.9 Å². The maximum atomic E-state index is 14.2. The Morgan fingerprint density at radius 2 is 2.06 bits per heavy atom. The fraction of sp³-hybridized carbons (Fsp3) is 0.304. The number of pyridine rings is 1. The van der Waals surface area contributed by atoms with Crippen LogP contribution in [0.5, 0.6) is 0 Å². The van der Waals surface area contributed by atoms with Crippen molar-refractivity contribution in [3.63, 3.8) is 0 Å². The molecule has 0 saturated heterocycles. The zero-order valence-corrected chi connectivity index (χ0v) is 17.5. The molecule has 1 fully saturated rings. The number of aromatic nitrogens is 5. The van der Waals surface area contributed by atoms with Crippen LogP contribution in [0.25, 0.3) is 22.2 Å². The van der Waals surface area contributed by atoms with E-state index in [4.69, 9.17) is 4.98 Å². The number of carbonyl (C=O) groups excluding carboxylic acids is 1. The summed E-state index contributed by atoms with van der Waals surface area (Å²) in [6, 6.07) is 6.56. The minimum absolute atomic E-state index is 0.189. The van der Waals surface area contributed by atoms with E-state index in [1.807, 2.05) is 37.0 Å². The molecule has 1 aliphatic rings. The topological polar surface area (TPSA) is 77.6 Å². The summed E-state index contributed by atoms with van der Waals surface area (Å²) in [7, 11) is 3.74. The lowest BCUT2D eigenvalue weighted by molar-refractivity contribution is 0.0947. The first-order valence-electron chi connectivity index (χ1n) is 10.3. The fourth-order valence-corrected chi connectivity index (χ4v) is 3.89. The maximum Gasteiger partial charge on any atom is 0.272 e. The molecule has 3 heterocycles. The summed E-state index contributed by atoms with van der Waals surface area (Å²) in [4.78, 5) is 22.0. The zero-order chi connectivity index (χ0) is 21.5. The van der Waals surface area contributed by atoms with E-state index in [2.05, 4.69) is 15.4 Å². The van der Waals surface area contributed by atoms with Gasteiger partial charge in [-0.1, -0.05) is 0 Å². The molecule has 1 N–H and O–H groups in total. The van der Waals surface area contributed by atoms with Crippen LogP contribution in [0, 0.1) is 11.7 Å². The molecule has 8 heteroatoms. The van der Waals surface area contributed by atoms with E-state index in [1.54, 1.807) is 17.1 Å². The number of nitrogens with zero attached hydrogens (tertiary/aromatic N) is 5. The number of halogens is 1. The van der Waals surface area contributed by atoms with E-state index >= 15 is 0 Å². The fourth-order valence-electron chi connectivity index (χ4n) is 3.89. The molecule has 7 nitrogen and oxygen atoms in total. The van der Waals surface area contributed by atoms with Gasteiger partial charge in [0.05, 0.1) is 17.2 Å². The van der Waals surface area contributed by atoms with E-state index in [0.29, 0.717) is 22.7 Å². The third-order valence-corrected chi connectivity index (χ3v) is 5.71. The predicted octanol–water partition coefficient (Wildman–Crippen LogP) is 3.39. The third kappa shape index (κ3) is 3.93. The molecule has 3 aromatic heterocycles. The lowest BCUT2D eigenvalue weighted by atomic mass is 10.1. The summed E-state index contributed by atoms with van der Waals surface area (Å²) >= 11 is 0. The number of rotatable bonds is 6. The Bertz CT molecular complexity index is 1290. The number of imidazole rings is 1. The number of fused-ring (bicyclic) bond motifs is 1. The Morgan fingerprint density at radius 1 is 1.23 bits per heavy atom. The molecule has 1 saturated carbocycles. The lowest BCUT2D eigenvalue weighted by Gasteiger charge is -2.09. The van der Waals surface area contributed by atoms with Gasteiger partial charge in [0.1, 0.15) is 11.6 Å². The van der Waals surface area contributed by atoms with Crippen LogP contribution in [0.15, 0.2) is 42.9 Å². The van der Waals surface area contributed by atoms with Crippen LogP contribution in [0.3, 0.4) is 0 Å². The first-order valence-corrected chi connectivity index (χ1v) is 10.3. The molecule has 158 valence electrons. The Morgan fingerprint density at radius 3 is 2.81 bits per heavy atom. The minimum atomic E-state index is -0.359. The Hall–Kier alpha value is -3.55. The van der Waals surface area contributed by atoms with Gasteiger partial charge in [-0.3, -0.25) is 9.48 Å². The summed E-state index contributed by atoms with van der Waals surface area (Å²) in [6.45, 7) is 0.189. The summed E-state index contributed by atoms with van der Waals surface area (Å²) in [6.07, 6.45) is 8.51. The van der Waals surface area contributed by atoms with Crippen molar-refractivity contribution in [1.29, 1.82) is 0 Å². The van der Waals surface area contributed by atoms with Gasteiger partial charge in [-0.15, -0.1) is 0 Å². The third-order valence-electron chi connectivity index (χ3n) is 5.71. The van der Waals surface area contributed by atoms with Gasteiger partial charge in [0.15, 0.2) is 5.69 Å². The van der Waals surface area contributed by atoms with Crippen molar-refractivity contribution in [1.82, 2.24) is 29.6 Å². The SMILES string of the molecule is Cn1cc(-c2cc(F)cc(CNC(=O)c3nccc4nc(CC5CC5)n(C)c34)c2)cn1. The molecule has 0 spiro atoms. The van der Waals surface area contributed by atoms with Crippen LogP contribution in [-0.2, 0) is 27.1 Å².